The highest BCUT2D eigenvalue weighted by Crippen LogP contribution is 2.22. The van der Waals surface area contributed by atoms with Crippen molar-refractivity contribution in [3.05, 3.63) is 72.1 Å². The number of hydrogen-bond donors (Lipinski definition) is 1. The van der Waals surface area contributed by atoms with Crippen molar-refractivity contribution in [1.82, 2.24) is 9.55 Å². The van der Waals surface area contributed by atoms with E-state index >= 15 is 0 Å². The van der Waals surface area contributed by atoms with Crippen LogP contribution in [0.5, 0.6) is 0 Å². The average molecular weight is 316 g/mol. The lowest BCUT2D eigenvalue weighted by Gasteiger charge is -2.10. The predicted molar refractivity (Wildman–Crippen MR) is 92.2 cm³/mol. The van der Waals surface area contributed by atoms with E-state index < -0.39 is 0 Å². The molecular formula is C19H16N4O. The molecule has 1 N–H and O–H groups in total. The smallest absolute Gasteiger partial charge is 0.221 e. The number of aromatic nitrogens is 2. The summed E-state index contributed by atoms with van der Waals surface area (Å²) in [5.74, 6) is 0.702. The van der Waals surface area contributed by atoms with E-state index in [1.54, 1.807) is 12.3 Å². The molecule has 0 atom stereocenters. The SMILES string of the molecule is CC(=O)Nc1cccc(-c2nccn2Cc2cccc(C#N)c2)c1. The zero-order valence-electron chi connectivity index (χ0n) is 13.2. The van der Waals surface area contributed by atoms with Crippen LogP contribution < -0.4 is 5.32 Å². The Balaban J connectivity index is 1.90. The maximum atomic E-state index is 11.2. The topological polar surface area (TPSA) is 70.7 Å². The molecule has 5 nitrogen and oxygen atoms in total. The van der Waals surface area contributed by atoms with E-state index in [1.165, 1.54) is 6.92 Å². The second-order valence-corrected chi connectivity index (χ2v) is 5.45. The van der Waals surface area contributed by atoms with Gasteiger partial charge in [-0.2, -0.15) is 5.26 Å². The highest BCUT2D eigenvalue weighted by atomic mass is 16.1. The van der Waals surface area contributed by atoms with E-state index in [1.807, 2.05) is 53.2 Å². The summed E-state index contributed by atoms with van der Waals surface area (Å²) in [4.78, 5) is 15.7. The van der Waals surface area contributed by atoms with Gasteiger partial charge in [0.25, 0.3) is 0 Å². The molecular weight excluding hydrogens is 300 g/mol. The maximum Gasteiger partial charge on any atom is 0.221 e. The van der Waals surface area contributed by atoms with Crippen molar-refractivity contribution in [3.8, 4) is 17.5 Å². The van der Waals surface area contributed by atoms with E-state index in [0.717, 1.165) is 22.6 Å². The van der Waals surface area contributed by atoms with Crippen molar-refractivity contribution in [2.75, 3.05) is 5.32 Å². The van der Waals surface area contributed by atoms with Crippen LogP contribution in [0, 0.1) is 11.3 Å². The van der Waals surface area contributed by atoms with Gasteiger partial charge in [0.2, 0.25) is 5.91 Å². The lowest BCUT2D eigenvalue weighted by atomic mass is 10.1. The fourth-order valence-corrected chi connectivity index (χ4v) is 2.57. The highest BCUT2D eigenvalue weighted by molar-refractivity contribution is 5.89. The van der Waals surface area contributed by atoms with Gasteiger partial charge in [0.1, 0.15) is 5.82 Å². The highest BCUT2D eigenvalue weighted by Gasteiger charge is 2.08. The van der Waals surface area contributed by atoms with E-state index in [4.69, 9.17) is 5.26 Å². The molecule has 3 aromatic rings. The molecule has 0 aliphatic rings. The van der Waals surface area contributed by atoms with E-state index in [9.17, 15) is 4.79 Å². The van der Waals surface area contributed by atoms with Gasteiger partial charge >= 0.3 is 0 Å². The Labute approximate surface area is 140 Å². The summed E-state index contributed by atoms with van der Waals surface area (Å²) in [6.45, 7) is 2.10. The van der Waals surface area contributed by atoms with Crippen molar-refractivity contribution in [3.63, 3.8) is 0 Å². The van der Waals surface area contributed by atoms with E-state index in [0.29, 0.717) is 12.1 Å². The second kappa shape index (κ2) is 6.80. The summed E-state index contributed by atoms with van der Waals surface area (Å²) in [6, 6.07) is 17.3. The van der Waals surface area contributed by atoms with Crippen LogP contribution in [0.4, 0.5) is 5.69 Å². The molecule has 0 aliphatic heterocycles. The molecule has 0 bridgehead atoms. The molecule has 2 aromatic carbocycles. The zero-order valence-corrected chi connectivity index (χ0v) is 13.2. The summed E-state index contributed by atoms with van der Waals surface area (Å²) in [5, 5.41) is 11.8. The Morgan fingerprint density at radius 3 is 2.88 bits per heavy atom. The van der Waals surface area contributed by atoms with Gasteiger partial charge in [-0.05, 0) is 29.8 Å². The monoisotopic (exact) mass is 316 g/mol. The van der Waals surface area contributed by atoms with Crippen LogP contribution in [0.3, 0.4) is 0 Å². The molecule has 0 radical (unpaired) electrons. The number of anilines is 1. The third kappa shape index (κ3) is 3.50. The maximum absolute atomic E-state index is 11.2. The van der Waals surface area contributed by atoms with E-state index in [-0.39, 0.29) is 5.91 Å². The van der Waals surface area contributed by atoms with Crippen molar-refractivity contribution in [2.45, 2.75) is 13.5 Å². The quantitative estimate of drug-likeness (QED) is 0.801. The molecule has 5 heteroatoms. The molecule has 0 spiro atoms. The van der Waals surface area contributed by atoms with Crippen molar-refractivity contribution < 1.29 is 4.79 Å². The lowest BCUT2D eigenvalue weighted by molar-refractivity contribution is -0.114. The first-order valence-corrected chi connectivity index (χ1v) is 7.54. The number of nitrogens with one attached hydrogen (secondary N) is 1. The summed E-state index contributed by atoms with van der Waals surface area (Å²) in [7, 11) is 0. The molecule has 0 fully saturated rings. The molecule has 3 rings (SSSR count). The molecule has 0 aliphatic carbocycles. The minimum atomic E-state index is -0.108. The number of benzene rings is 2. The van der Waals surface area contributed by atoms with Crippen LogP contribution in [-0.4, -0.2) is 15.5 Å². The van der Waals surface area contributed by atoms with Crippen molar-refractivity contribution in [1.29, 1.82) is 5.26 Å². The first-order valence-electron chi connectivity index (χ1n) is 7.54. The van der Waals surface area contributed by atoms with Gasteiger partial charge < -0.3 is 9.88 Å². The normalized spacial score (nSPS) is 10.2. The van der Waals surface area contributed by atoms with Crippen LogP contribution in [-0.2, 0) is 11.3 Å². The largest absolute Gasteiger partial charge is 0.327 e. The van der Waals surface area contributed by atoms with Gasteiger partial charge in [-0.3, -0.25) is 4.79 Å². The standard InChI is InChI=1S/C19H16N4O/c1-14(24)22-18-7-3-6-17(11-18)19-21-8-9-23(19)13-16-5-2-4-15(10-16)12-20/h2-11H,13H2,1H3,(H,22,24). The minimum Gasteiger partial charge on any atom is -0.327 e. The molecule has 1 aromatic heterocycles. The van der Waals surface area contributed by atoms with Crippen LogP contribution >= 0.6 is 0 Å². The predicted octanol–water partition coefficient (Wildman–Crippen LogP) is 3.43. The number of rotatable bonds is 4. The van der Waals surface area contributed by atoms with E-state index in [2.05, 4.69) is 16.4 Å². The summed E-state index contributed by atoms with van der Waals surface area (Å²) in [5.41, 5.74) is 3.33. The Kier molecular flexibility index (Phi) is 4.39. The van der Waals surface area contributed by atoms with Crippen molar-refractivity contribution >= 4 is 11.6 Å². The summed E-state index contributed by atoms with van der Waals surface area (Å²) < 4.78 is 2.02. The van der Waals surface area contributed by atoms with Gasteiger partial charge in [0.15, 0.2) is 0 Å². The minimum absolute atomic E-state index is 0.108. The number of nitrogens with zero attached hydrogens (tertiary/aromatic N) is 3. The molecule has 1 heterocycles. The third-order valence-corrected chi connectivity index (χ3v) is 3.57. The number of carbonyl (C=O) groups excluding carboxylic acids is 1. The molecule has 0 saturated carbocycles. The molecule has 24 heavy (non-hydrogen) atoms. The molecule has 0 unspecified atom stereocenters. The Morgan fingerprint density at radius 1 is 1.25 bits per heavy atom. The summed E-state index contributed by atoms with van der Waals surface area (Å²) >= 11 is 0. The fraction of sp³-hybridized carbons (Fsp3) is 0.105. The van der Waals surface area contributed by atoms with Gasteiger partial charge in [0, 0.05) is 37.1 Å². The van der Waals surface area contributed by atoms with Crippen LogP contribution in [0.25, 0.3) is 11.4 Å². The molecule has 0 saturated heterocycles. The Hall–Kier alpha value is -3.39. The summed E-state index contributed by atoms with van der Waals surface area (Å²) in [6.07, 6.45) is 3.65. The number of carbonyl (C=O) groups is 1. The Morgan fingerprint density at radius 2 is 2.08 bits per heavy atom. The molecule has 118 valence electrons. The fourth-order valence-electron chi connectivity index (χ4n) is 2.57. The van der Waals surface area contributed by atoms with Crippen LogP contribution in [0.2, 0.25) is 0 Å². The number of nitriles is 1. The van der Waals surface area contributed by atoms with Crippen molar-refractivity contribution in [2.24, 2.45) is 0 Å². The van der Waals surface area contributed by atoms with Gasteiger partial charge in [0.05, 0.1) is 11.6 Å². The third-order valence-electron chi connectivity index (χ3n) is 3.57. The Bertz CT molecular complexity index is 921. The first-order chi connectivity index (χ1) is 11.7. The number of imidazole rings is 1. The first kappa shape index (κ1) is 15.5. The van der Waals surface area contributed by atoms with Gasteiger partial charge in [-0.15, -0.1) is 0 Å². The second-order valence-electron chi connectivity index (χ2n) is 5.45. The average Bonchev–Trinajstić information content (AvgIpc) is 3.03. The zero-order chi connectivity index (χ0) is 16.9. The van der Waals surface area contributed by atoms with Crippen LogP contribution in [0.1, 0.15) is 18.1 Å². The number of hydrogen-bond acceptors (Lipinski definition) is 3. The van der Waals surface area contributed by atoms with Gasteiger partial charge in [-0.1, -0.05) is 24.3 Å². The van der Waals surface area contributed by atoms with Gasteiger partial charge in [-0.25, -0.2) is 4.98 Å². The van der Waals surface area contributed by atoms with Crippen LogP contribution in [0.15, 0.2) is 60.9 Å². The number of amides is 1. The lowest BCUT2D eigenvalue weighted by Crippen LogP contribution is -2.06. The molecule has 1 amide bonds.